The number of thioether (sulfide) groups is 2. The molecule has 0 fully saturated rings. The Kier molecular flexibility index (Phi) is 5.92. The molecule has 1 aliphatic rings. The second-order valence-electron chi connectivity index (χ2n) is 6.31. The summed E-state index contributed by atoms with van der Waals surface area (Å²) in [5.41, 5.74) is 2.19. The Labute approximate surface area is 176 Å². The van der Waals surface area contributed by atoms with E-state index in [4.69, 9.17) is 9.72 Å². The lowest BCUT2D eigenvalue weighted by Gasteiger charge is -2.13. The van der Waals surface area contributed by atoms with Gasteiger partial charge in [-0.15, -0.1) is 11.8 Å². The molecule has 0 aliphatic carbocycles. The SMILES string of the molecule is COc1ccc(NC(=O)CSc2nc3c(c(=O)n2-c2ccccc2)SCC3)cc1. The Bertz CT molecular complexity index is 1080. The number of carbonyl (C=O) groups is 1. The molecule has 1 aliphatic heterocycles. The molecule has 0 saturated carbocycles. The van der Waals surface area contributed by atoms with Crippen molar-refractivity contribution in [2.45, 2.75) is 16.5 Å². The van der Waals surface area contributed by atoms with Crippen molar-refractivity contribution < 1.29 is 9.53 Å². The number of aromatic nitrogens is 2. The molecule has 6 nitrogen and oxygen atoms in total. The van der Waals surface area contributed by atoms with Crippen LogP contribution in [0.25, 0.3) is 5.69 Å². The van der Waals surface area contributed by atoms with Gasteiger partial charge in [0.25, 0.3) is 5.56 Å². The first-order valence-corrected chi connectivity index (χ1v) is 11.0. The predicted octanol–water partition coefficient (Wildman–Crippen LogP) is 3.62. The molecular formula is C21H19N3O3S2. The van der Waals surface area contributed by atoms with Gasteiger partial charge in [0, 0.05) is 17.9 Å². The summed E-state index contributed by atoms with van der Waals surface area (Å²) in [7, 11) is 1.60. The van der Waals surface area contributed by atoms with E-state index in [1.54, 1.807) is 47.7 Å². The summed E-state index contributed by atoms with van der Waals surface area (Å²) < 4.78 is 6.72. The lowest BCUT2D eigenvalue weighted by Crippen LogP contribution is -2.24. The van der Waals surface area contributed by atoms with Gasteiger partial charge in [-0.1, -0.05) is 30.0 Å². The fourth-order valence-corrected chi connectivity index (χ4v) is 4.85. The Morgan fingerprint density at radius 3 is 2.69 bits per heavy atom. The monoisotopic (exact) mass is 425 g/mol. The number of nitrogens with zero attached hydrogens (tertiary/aromatic N) is 2. The van der Waals surface area contributed by atoms with Gasteiger partial charge in [-0.05, 0) is 36.4 Å². The predicted molar refractivity (Wildman–Crippen MR) is 117 cm³/mol. The molecule has 1 N–H and O–H groups in total. The maximum atomic E-state index is 13.1. The molecule has 0 unspecified atom stereocenters. The van der Waals surface area contributed by atoms with E-state index in [-0.39, 0.29) is 17.2 Å². The molecule has 0 bridgehead atoms. The number of nitrogens with one attached hydrogen (secondary N) is 1. The number of ether oxygens (including phenoxy) is 1. The quantitative estimate of drug-likeness (QED) is 0.480. The van der Waals surface area contributed by atoms with Crippen LogP contribution >= 0.6 is 23.5 Å². The van der Waals surface area contributed by atoms with Crippen LogP contribution in [-0.2, 0) is 11.2 Å². The van der Waals surface area contributed by atoms with Crippen LogP contribution in [0.15, 0.2) is 69.4 Å². The van der Waals surface area contributed by atoms with E-state index < -0.39 is 0 Å². The standard InChI is InChI=1S/C21H19N3O3S2/c1-27-16-9-7-14(8-10-16)22-18(25)13-29-21-23-17-11-12-28-19(17)20(26)24(21)15-5-3-2-4-6-15/h2-10H,11-13H2,1H3,(H,22,25). The minimum Gasteiger partial charge on any atom is -0.497 e. The van der Waals surface area contributed by atoms with Crippen molar-refractivity contribution >= 4 is 35.1 Å². The zero-order chi connectivity index (χ0) is 20.2. The summed E-state index contributed by atoms with van der Waals surface area (Å²) in [6.07, 6.45) is 0.774. The van der Waals surface area contributed by atoms with Crippen LogP contribution in [0.2, 0.25) is 0 Å². The van der Waals surface area contributed by atoms with Gasteiger partial charge >= 0.3 is 0 Å². The van der Waals surface area contributed by atoms with Gasteiger partial charge in [0.15, 0.2) is 5.16 Å². The number of fused-ring (bicyclic) bond motifs is 1. The van der Waals surface area contributed by atoms with Crippen LogP contribution in [-0.4, -0.2) is 34.1 Å². The molecule has 0 atom stereocenters. The summed E-state index contributed by atoms with van der Waals surface area (Å²) in [6.45, 7) is 0. The zero-order valence-corrected chi connectivity index (χ0v) is 17.4. The highest BCUT2D eigenvalue weighted by Gasteiger charge is 2.22. The van der Waals surface area contributed by atoms with Gasteiger partial charge in [-0.2, -0.15) is 0 Å². The van der Waals surface area contributed by atoms with Crippen LogP contribution < -0.4 is 15.6 Å². The average molecular weight is 426 g/mol. The third kappa shape index (κ3) is 4.33. The van der Waals surface area contributed by atoms with Crippen LogP contribution in [0, 0.1) is 0 Å². The molecule has 29 heavy (non-hydrogen) atoms. The van der Waals surface area contributed by atoms with Gasteiger partial charge in [-0.3, -0.25) is 14.2 Å². The molecule has 0 saturated heterocycles. The number of carbonyl (C=O) groups excluding carboxylic acids is 1. The van der Waals surface area contributed by atoms with Crippen molar-refractivity contribution in [2.24, 2.45) is 0 Å². The van der Waals surface area contributed by atoms with Gasteiger partial charge in [0.05, 0.1) is 29.1 Å². The summed E-state index contributed by atoms with van der Waals surface area (Å²) in [4.78, 5) is 30.9. The van der Waals surface area contributed by atoms with E-state index in [0.29, 0.717) is 15.7 Å². The third-order valence-electron chi connectivity index (χ3n) is 4.39. The normalized spacial score (nSPS) is 12.4. The van der Waals surface area contributed by atoms with Crippen LogP contribution in [0.4, 0.5) is 5.69 Å². The molecule has 2 aromatic carbocycles. The number of benzene rings is 2. The number of amides is 1. The molecule has 0 radical (unpaired) electrons. The van der Waals surface area contributed by atoms with Crippen molar-refractivity contribution in [3.8, 4) is 11.4 Å². The molecule has 2 heterocycles. The summed E-state index contributed by atoms with van der Waals surface area (Å²) >= 11 is 2.81. The van der Waals surface area contributed by atoms with Gasteiger partial charge in [0.2, 0.25) is 5.91 Å². The van der Waals surface area contributed by atoms with E-state index >= 15 is 0 Å². The minimum atomic E-state index is -0.163. The molecule has 1 amide bonds. The van der Waals surface area contributed by atoms with Crippen molar-refractivity contribution in [1.29, 1.82) is 0 Å². The molecule has 0 spiro atoms. The number of hydrogen-bond donors (Lipinski definition) is 1. The Morgan fingerprint density at radius 1 is 1.21 bits per heavy atom. The summed E-state index contributed by atoms with van der Waals surface area (Å²) in [5, 5.41) is 3.39. The van der Waals surface area contributed by atoms with E-state index in [1.165, 1.54) is 11.8 Å². The molecule has 3 aromatic rings. The second kappa shape index (κ2) is 8.75. The number of anilines is 1. The van der Waals surface area contributed by atoms with E-state index in [2.05, 4.69) is 5.32 Å². The lowest BCUT2D eigenvalue weighted by molar-refractivity contribution is -0.113. The smallest absolute Gasteiger partial charge is 0.272 e. The summed E-state index contributed by atoms with van der Waals surface area (Å²) in [6, 6.07) is 16.6. The lowest BCUT2D eigenvalue weighted by atomic mass is 10.3. The highest BCUT2D eigenvalue weighted by Crippen LogP contribution is 2.30. The molecule has 4 rings (SSSR count). The molecule has 8 heteroatoms. The van der Waals surface area contributed by atoms with Gasteiger partial charge < -0.3 is 10.1 Å². The zero-order valence-electron chi connectivity index (χ0n) is 15.8. The van der Waals surface area contributed by atoms with Crippen LogP contribution in [0.1, 0.15) is 5.69 Å². The fourth-order valence-electron chi connectivity index (χ4n) is 3.00. The van der Waals surface area contributed by atoms with Gasteiger partial charge in [0.1, 0.15) is 5.75 Å². The van der Waals surface area contributed by atoms with Crippen molar-refractivity contribution in [3.05, 3.63) is 70.6 Å². The number of methoxy groups -OCH3 is 1. The van der Waals surface area contributed by atoms with Gasteiger partial charge in [-0.25, -0.2) is 4.98 Å². The molecule has 1 aromatic heterocycles. The Hall–Kier alpha value is -2.71. The largest absolute Gasteiger partial charge is 0.497 e. The Morgan fingerprint density at radius 2 is 1.97 bits per heavy atom. The number of hydrogen-bond acceptors (Lipinski definition) is 6. The van der Waals surface area contributed by atoms with E-state index in [9.17, 15) is 9.59 Å². The summed E-state index contributed by atoms with van der Waals surface area (Å²) in [5.74, 6) is 1.57. The van der Waals surface area contributed by atoms with Crippen LogP contribution in [0.3, 0.4) is 0 Å². The number of para-hydroxylation sites is 1. The Balaban J connectivity index is 1.55. The first kappa shape index (κ1) is 19.6. The molecule has 148 valence electrons. The third-order valence-corrected chi connectivity index (χ3v) is 6.43. The van der Waals surface area contributed by atoms with Crippen LogP contribution in [0.5, 0.6) is 5.75 Å². The van der Waals surface area contributed by atoms with Crippen molar-refractivity contribution in [2.75, 3.05) is 23.9 Å². The fraction of sp³-hybridized carbons (Fsp3) is 0.190. The topological polar surface area (TPSA) is 73.2 Å². The van der Waals surface area contributed by atoms with Crippen molar-refractivity contribution in [3.63, 3.8) is 0 Å². The highest BCUT2D eigenvalue weighted by atomic mass is 32.2. The minimum absolute atomic E-state index is 0.0678. The first-order valence-electron chi connectivity index (χ1n) is 9.06. The first-order chi connectivity index (χ1) is 14.2. The highest BCUT2D eigenvalue weighted by molar-refractivity contribution is 8.00. The number of aryl methyl sites for hydroxylation is 1. The number of rotatable bonds is 6. The maximum Gasteiger partial charge on any atom is 0.272 e. The van der Waals surface area contributed by atoms with Crippen molar-refractivity contribution in [1.82, 2.24) is 9.55 Å². The molecular weight excluding hydrogens is 406 g/mol. The van der Waals surface area contributed by atoms with E-state index in [0.717, 1.165) is 29.3 Å². The van der Waals surface area contributed by atoms with E-state index in [1.807, 2.05) is 30.3 Å². The maximum absolute atomic E-state index is 13.1. The average Bonchev–Trinajstić information content (AvgIpc) is 3.22. The second-order valence-corrected chi connectivity index (χ2v) is 8.36.